The number of rotatable bonds is 6. The van der Waals surface area contributed by atoms with Crippen molar-refractivity contribution < 1.29 is 19.1 Å². The van der Waals surface area contributed by atoms with Crippen LogP contribution in [0.5, 0.6) is 5.75 Å². The largest absolute Gasteiger partial charge is 0.497 e. The lowest BCUT2D eigenvalue weighted by Gasteiger charge is -2.24. The van der Waals surface area contributed by atoms with Gasteiger partial charge >= 0.3 is 5.97 Å². The van der Waals surface area contributed by atoms with Gasteiger partial charge in [-0.2, -0.15) is 0 Å². The molecule has 8 nitrogen and oxygen atoms in total. The van der Waals surface area contributed by atoms with E-state index in [1.807, 2.05) is 43.3 Å². The average molecular weight is 518 g/mol. The number of nitrogens with zero attached hydrogens (tertiary/aromatic N) is 3. The number of aromatic nitrogens is 1. The Hall–Kier alpha value is -3.98. The quantitative estimate of drug-likeness (QED) is 0.469. The summed E-state index contributed by atoms with van der Waals surface area (Å²) in [4.78, 5) is 47.5. The highest BCUT2D eigenvalue weighted by Crippen LogP contribution is 2.36. The number of allylic oxidation sites excluding steroid dienone is 1. The molecule has 0 N–H and O–H groups in total. The monoisotopic (exact) mass is 517 g/mol. The third-order valence-electron chi connectivity index (χ3n) is 6.52. The normalized spacial score (nSPS) is 17.9. The van der Waals surface area contributed by atoms with E-state index in [1.165, 1.54) is 15.9 Å². The molecule has 3 heterocycles. The Balaban J connectivity index is 1.79. The van der Waals surface area contributed by atoms with Crippen LogP contribution >= 0.6 is 11.3 Å². The van der Waals surface area contributed by atoms with Crippen LogP contribution < -0.4 is 24.5 Å². The summed E-state index contributed by atoms with van der Waals surface area (Å²) in [6, 6.07) is 14.0. The molecular weight excluding hydrogens is 490 g/mol. The van der Waals surface area contributed by atoms with Crippen LogP contribution in [0.3, 0.4) is 0 Å². The second-order valence-electron chi connectivity index (χ2n) is 8.74. The molecule has 2 aliphatic heterocycles. The molecule has 0 aliphatic carbocycles. The van der Waals surface area contributed by atoms with Gasteiger partial charge in [0.1, 0.15) is 10.3 Å². The van der Waals surface area contributed by atoms with Crippen molar-refractivity contribution in [2.24, 2.45) is 4.99 Å². The fraction of sp³-hybridized carbons (Fsp3) is 0.286. The summed E-state index contributed by atoms with van der Waals surface area (Å²) < 4.78 is 12.5. The fourth-order valence-electron chi connectivity index (χ4n) is 4.89. The van der Waals surface area contributed by atoms with Crippen LogP contribution in [-0.2, 0) is 14.3 Å². The van der Waals surface area contributed by atoms with Crippen LogP contribution in [-0.4, -0.2) is 36.7 Å². The van der Waals surface area contributed by atoms with E-state index >= 15 is 0 Å². The zero-order chi connectivity index (χ0) is 26.3. The molecule has 0 saturated heterocycles. The summed E-state index contributed by atoms with van der Waals surface area (Å²) in [5, 5.41) is 0. The Labute approximate surface area is 217 Å². The van der Waals surface area contributed by atoms with E-state index in [2.05, 4.69) is 4.99 Å². The first kappa shape index (κ1) is 24.7. The molecule has 1 aromatic heterocycles. The van der Waals surface area contributed by atoms with Gasteiger partial charge in [0, 0.05) is 12.1 Å². The number of hydrogen-bond acceptors (Lipinski definition) is 7. The van der Waals surface area contributed by atoms with E-state index in [0.717, 1.165) is 17.7 Å². The van der Waals surface area contributed by atoms with Gasteiger partial charge in [0.15, 0.2) is 4.80 Å². The molecule has 0 saturated carbocycles. The van der Waals surface area contributed by atoms with E-state index in [4.69, 9.17) is 9.47 Å². The maximum atomic E-state index is 14.1. The standard InChI is InChI=1S/C28H27N3O5S/c1-5-15-30-20-10-8-7-9-19(20)22(25(30)32)24-26(33)31-23(17-11-13-18(35-4)14-12-17)21(27(34)36-6-2)16(3)29-28(31)37-24/h7-14,23H,5-6,15H2,1-4H3/b24-22-/t23-/m1/s1. The predicted octanol–water partition coefficient (Wildman–Crippen LogP) is 2.93. The van der Waals surface area contributed by atoms with Crippen molar-refractivity contribution in [3.05, 3.63) is 90.6 Å². The summed E-state index contributed by atoms with van der Waals surface area (Å²) in [7, 11) is 1.58. The van der Waals surface area contributed by atoms with Crippen LogP contribution in [0.1, 0.15) is 44.4 Å². The van der Waals surface area contributed by atoms with Crippen LogP contribution in [0.15, 0.2) is 69.6 Å². The van der Waals surface area contributed by atoms with Crippen molar-refractivity contribution in [1.29, 1.82) is 0 Å². The van der Waals surface area contributed by atoms with E-state index in [1.54, 1.807) is 38.0 Å². The number of amides is 1. The summed E-state index contributed by atoms with van der Waals surface area (Å²) >= 11 is 1.17. The summed E-state index contributed by atoms with van der Waals surface area (Å²) in [6.07, 6.45) is 0.786. The minimum absolute atomic E-state index is 0.193. The zero-order valence-corrected chi connectivity index (χ0v) is 21.9. The van der Waals surface area contributed by atoms with Crippen LogP contribution in [0, 0.1) is 0 Å². The van der Waals surface area contributed by atoms with Gasteiger partial charge in [0.25, 0.3) is 11.5 Å². The number of ether oxygens (including phenoxy) is 2. The highest BCUT2D eigenvalue weighted by molar-refractivity contribution is 7.07. The SMILES string of the molecule is CCCN1C(=O)/C(=c2\sc3n(c2=O)[C@H](c2ccc(OC)cc2)C(C(=O)OCC)=C(C)N=3)c2ccccc21. The Morgan fingerprint density at radius 2 is 1.81 bits per heavy atom. The summed E-state index contributed by atoms with van der Waals surface area (Å²) in [5.41, 5.74) is 3.01. The first-order valence-corrected chi connectivity index (χ1v) is 13.0. The van der Waals surface area contributed by atoms with Crippen LogP contribution in [0.4, 0.5) is 5.69 Å². The first-order chi connectivity index (χ1) is 17.9. The van der Waals surface area contributed by atoms with Gasteiger partial charge in [0.05, 0.1) is 42.3 Å². The number of para-hydroxylation sites is 1. The Morgan fingerprint density at radius 1 is 1.08 bits per heavy atom. The number of hydrogen-bond donors (Lipinski definition) is 0. The van der Waals surface area contributed by atoms with Crippen molar-refractivity contribution in [3.8, 4) is 5.75 Å². The highest BCUT2D eigenvalue weighted by Gasteiger charge is 2.37. The molecule has 0 radical (unpaired) electrons. The molecule has 2 aliphatic rings. The number of benzene rings is 2. The molecule has 1 amide bonds. The fourth-order valence-corrected chi connectivity index (χ4v) is 6.03. The van der Waals surface area contributed by atoms with Gasteiger partial charge < -0.3 is 14.4 Å². The second kappa shape index (κ2) is 9.82. The number of esters is 1. The predicted molar refractivity (Wildman–Crippen MR) is 141 cm³/mol. The third-order valence-corrected chi connectivity index (χ3v) is 7.58. The number of anilines is 1. The van der Waals surface area contributed by atoms with Crippen molar-refractivity contribution in [1.82, 2.24) is 4.57 Å². The van der Waals surface area contributed by atoms with Crippen molar-refractivity contribution >= 4 is 34.5 Å². The number of methoxy groups -OCH3 is 1. The van der Waals surface area contributed by atoms with Gasteiger partial charge in [0.2, 0.25) is 0 Å². The number of carbonyl (C=O) groups is 2. The van der Waals surface area contributed by atoms with E-state index in [0.29, 0.717) is 44.0 Å². The minimum atomic E-state index is -0.756. The lowest BCUT2D eigenvalue weighted by atomic mass is 9.96. The molecule has 9 heteroatoms. The maximum absolute atomic E-state index is 14.1. The number of carbonyl (C=O) groups excluding carboxylic acids is 2. The molecule has 0 bridgehead atoms. The number of fused-ring (bicyclic) bond motifs is 2. The van der Waals surface area contributed by atoms with E-state index in [9.17, 15) is 14.4 Å². The lowest BCUT2D eigenvalue weighted by Crippen LogP contribution is -2.41. The molecule has 3 aromatic rings. The van der Waals surface area contributed by atoms with Crippen molar-refractivity contribution in [3.63, 3.8) is 0 Å². The van der Waals surface area contributed by atoms with Gasteiger partial charge in [-0.3, -0.25) is 14.2 Å². The molecule has 0 spiro atoms. The molecule has 37 heavy (non-hydrogen) atoms. The molecule has 5 rings (SSSR count). The smallest absolute Gasteiger partial charge is 0.338 e. The van der Waals surface area contributed by atoms with Crippen LogP contribution in [0.25, 0.3) is 5.57 Å². The van der Waals surface area contributed by atoms with E-state index in [-0.39, 0.29) is 18.1 Å². The number of thiazole rings is 1. The maximum Gasteiger partial charge on any atom is 0.338 e. The van der Waals surface area contributed by atoms with Crippen molar-refractivity contribution in [2.75, 3.05) is 25.2 Å². The van der Waals surface area contributed by atoms with Gasteiger partial charge in [-0.15, -0.1) is 0 Å². The van der Waals surface area contributed by atoms with Gasteiger partial charge in [-0.05, 0) is 44.0 Å². The Bertz CT molecular complexity index is 1610. The first-order valence-electron chi connectivity index (χ1n) is 12.2. The molecule has 0 unspecified atom stereocenters. The Kier molecular flexibility index (Phi) is 6.55. The molecular formula is C28H27N3O5S. The van der Waals surface area contributed by atoms with E-state index < -0.39 is 12.0 Å². The zero-order valence-electron chi connectivity index (χ0n) is 21.1. The Morgan fingerprint density at radius 3 is 2.49 bits per heavy atom. The molecule has 0 fully saturated rings. The minimum Gasteiger partial charge on any atom is -0.497 e. The lowest BCUT2D eigenvalue weighted by molar-refractivity contribution is -0.139. The average Bonchev–Trinajstić information content (AvgIpc) is 3.36. The van der Waals surface area contributed by atoms with Gasteiger partial charge in [-0.1, -0.05) is 48.6 Å². The second-order valence-corrected chi connectivity index (χ2v) is 9.72. The van der Waals surface area contributed by atoms with Crippen LogP contribution in [0.2, 0.25) is 0 Å². The van der Waals surface area contributed by atoms with Crippen molar-refractivity contribution in [2.45, 2.75) is 33.2 Å². The van der Waals surface area contributed by atoms with Gasteiger partial charge in [-0.25, -0.2) is 9.79 Å². The summed E-state index contributed by atoms with van der Waals surface area (Å²) in [6.45, 7) is 6.23. The third kappa shape index (κ3) is 3.99. The molecule has 2 aromatic carbocycles. The summed E-state index contributed by atoms with van der Waals surface area (Å²) in [5.74, 6) is -0.0736. The topological polar surface area (TPSA) is 90.2 Å². The molecule has 190 valence electrons. The highest BCUT2D eigenvalue weighted by atomic mass is 32.1. The molecule has 1 atom stereocenters.